The molecule has 100 valence electrons. The number of imidazole rings is 1. The molecule has 0 unspecified atom stereocenters. The molecule has 6 heteroatoms. The van der Waals surface area contributed by atoms with Gasteiger partial charge in [-0.25, -0.2) is 9.78 Å². The van der Waals surface area contributed by atoms with Crippen LogP contribution >= 0.6 is 15.9 Å². The largest absolute Gasteiger partial charge is 0.491 e. The molecule has 5 nitrogen and oxygen atoms in total. The third-order valence-corrected chi connectivity index (χ3v) is 3.31. The topological polar surface area (TPSA) is 64.4 Å². The van der Waals surface area contributed by atoms with Crippen molar-refractivity contribution in [2.24, 2.45) is 7.05 Å². The normalized spacial score (nSPS) is 10.4. The van der Waals surface area contributed by atoms with Crippen LogP contribution < -0.4 is 4.74 Å². The zero-order valence-electron chi connectivity index (χ0n) is 10.3. The third kappa shape index (κ3) is 3.14. The van der Waals surface area contributed by atoms with Crippen LogP contribution in [0.4, 0.5) is 0 Å². The number of nitrogens with zero attached hydrogens (tertiary/aromatic N) is 2. The van der Waals surface area contributed by atoms with Crippen LogP contribution in [-0.4, -0.2) is 27.2 Å². The maximum absolute atomic E-state index is 11.1. The van der Waals surface area contributed by atoms with Crippen LogP contribution in [0.1, 0.15) is 16.2 Å². The predicted octanol–water partition coefficient (Wildman–Crippen LogP) is 2.50. The van der Waals surface area contributed by atoms with E-state index >= 15 is 0 Å². The number of aromatic carboxylic acids is 1. The van der Waals surface area contributed by atoms with E-state index in [1.165, 1.54) is 6.07 Å². The zero-order chi connectivity index (χ0) is 13.8. The fraction of sp³-hybridized carbons (Fsp3) is 0.231. The Balaban J connectivity index is 2.07. The molecule has 19 heavy (non-hydrogen) atoms. The minimum Gasteiger partial charge on any atom is -0.491 e. The summed E-state index contributed by atoms with van der Waals surface area (Å²) in [6.07, 6.45) is 4.19. The molecule has 0 amide bonds. The zero-order valence-corrected chi connectivity index (χ0v) is 11.9. The van der Waals surface area contributed by atoms with Crippen LogP contribution in [0.2, 0.25) is 0 Å². The lowest BCUT2D eigenvalue weighted by molar-refractivity contribution is 0.0692. The summed E-state index contributed by atoms with van der Waals surface area (Å²) >= 11 is 3.30. The summed E-state index contributed by atoms with van der Waals surface area (Å²) in [6.45, 7) is 0.369. The molecule has 1 aromatic carbocycles. The van der Waals surface area contributed by atoms with E-state index in [-0.39, 0.29) is 5.56 Å². The van der Waals surface area contributed by atoms with Gasteiger partial charge in [-0.15, -0.1) is 0 Å². The van der Waals surface area contributed by atoms with E-state index in [4.69, 9.17) is 9.84 Å². The number of hydrogen-bond acceptors (Lipinski definition) is 3. The molecular weight excluding hydrogens is 312 g/mol. The van der Waals surface area contributed by atoms with E-state index in [1.54, 1.807) is 18.3 Å². The van der Waals surface area contributed by atoms with Gasteiger partial charge in [0.1, 0.15) is 17.1 Å². The highest BCUT2D eigenvalue weighted by Gasteiger charge is 2.14. The second-order valence-electron chi connectivity index (χ2n) is 3.97. The first-order valence-corrected chi connectivity index (χ1v) is 6.49. The van der Waals surface area contributed by atoms with Crippen LogP contribution in [0.15, 0.2) is 35.1 Å². The van der Waals surface area contributed by atoms with Crippen LogP contribution in [-0.2, 0) is 13.5 Å². The van der Waals surface area contributed by atoms with Gasteiger partial charge in [0.05, 0.1) is 11.1 Å². The van der Waals surface area contributed by atoms with Gasteiger partial charge >= 0.3 is 5.97 Å². The highest BCUT2D eigenvalue weighted by molar-refractivity contribution is 9.10. The highest BCUT2D eigenvalue weighted by Crippen LogP contribution is 2.29. The quantitative estimate of drug-likeness (QED) is 0.917. The van der Waals surface area contributed by atoms with Crippen LogP contribution in [0.3, 0.4) is 0 Å². The van der Waals surface area contributed by atoms with E-state index in [0.29, 0.717) is 23.2 Å². The van der Waals surface area contributed by atoms with Gasteiger partial charge < -0.3 is 14.4 Å². The van der Waals surface area contributed by atoms with Crippen molar-refractivity contribution in [2.75, 3.05) is 6.61 Å². The first kappa shape index (κ1) is 13.6. The van der Waals surface area contributed by atoms with E-state index in [0.717, 1.165) is 5.82 Å². The summed E-state index contributed by atoms with van der Waals surface area (Å²) in [5, 5.41) is 9.10. The number of carbonyl (C=O) groups is 1. The lowest BCUT2D eigenvalue weighted by atomic mass is 10.2. The summed E-state index contributed by atoms with van der Waals surface area (Å²) < 4.78 is 8.11. The van der Waals surface area contributed by atoms with Gasteiger partial charge in [0.15, 0.2) is 0 Å². The molecule has 1 heterocycles. The van der Waals surface area contributed by atoms with Crippen molar-refractivity contribution in [3.8, 4) is 5.75 Å². The molecular formula is C13H13BrN2O3. The van der Waals surface area contributed by atoms with Crippen molar-refractivity contribution in [3.05, 3.63) is 46.5 Å². The molecule has 0 saturated carbocycles. The number of aryl methyl sites for hydroxylation is 1. The number of carboxylic acid groups (broad SMARTS) is 1. The molecule has 0 aliphatic heterocycles. The summed E-state index contributed by atoms with van der Waals surface area (Å²) in [4.78, 5) is 15.3. The maximum atomic E-state index is 11.1. The van der Waals surface area contributed by atoms with Crippen LogP contribution in [0.5, 0.6) is 5.75 Å². The number of ether oxygens (including phenoxy) is 1. The van der Waals surface area contributed by atoms with Crippen molar-refractivity contribution in [1.82, 2.24) is 9.55 Å². The Morgan fingerprint density at radius 1 is 1.53 bits per heavy atom. The molecule has 0 radical (unpaired) electrons. The minimum absolute atomic E-state index is 0.147. The number of para-hydroxylation sites is 1. The molecule has 0 aliphatic carbocycles. The summed E-state index contributed by atoms with van der Waals surface area (Å²) in [5.41, 5.74) is 0.147. The Morgan fingerprint density at radius 2 is 2.32 bits per heavy atom. The second-order valence-corrected chi connectivity index (χ2v) is 4.83. The maximum Gasteiger partial charge on any atom is 0.339 e. The van der Waals surface area contributed by atoms with Crippen molar-refractivity contribution in [3.63, 3.8) is 0 Å². The molecule has 0 atom stereocenters. The molecule has 1 aromatic heterocycles. The minimum atomic E-state index is -1.01. The van der Waals surface area contributed by atoms with E-state index in [1.807, 2.05) is 17.8 Å². The van der Waals surface area contributed by atoms with Crippen molar-refractivity contribution >= 4 is 21.9 Å². The first-order chi connectivity index (χ1) is 9.09. The van der Waals surface area contributed by atoms with Gasteiger partial charge in [-0.3, -0.25) is 0 Å². The molecule has 1 N–H and O–H groups in total. The number of hydrogen-bond donors (Lipinski definition) is 1. The Hall–Kier alpha value is -1.82. The predicted molar refractivity (Wildman–Crippen MR) is 73.5 cm³/mol. The van der Waals surface area contributed by atoms with Crippen molar-refractivity contribution in [2.45, 2.75) is 6.42 Å². The van der Waals surface area contributed by atoms with Gasteiger partial charge in [0.25, 0.3) is 0 Å². The molecule has 0 spiro atoms. The van der Waals surface area contributed by atoms with Crippen LogP contribution in [0, 0.1) is 0 Å². The molecule has 2 rings (SSSR count). The number of aromatic nitrogens is 2. The fourth-order valence-electron chi connectivity index (χ4n) is 1.71. The molecule has 0 aliphatic rings. The van der Waals surface area contributed by atoms with Crippen molar-refractivity contribution < 1.29 is 14.6 Å². The second kappa shape index (κ2) is 5.88. The van der Waals surface area contributed by atoms with Gasteiger partial charge in [-0.05, 0) is 28.1 Å². The lowest BCUT2D eigenvalue weighted by Crippen LogP contribution is -2.09. The van der Waals surface area contributed by atoms with E-state index in [2.05, 4.69) is 20.9 Å². The van der Waals surface area contributed by atoms with E-state index < -0.39 is 5.97 Å². The Bertz CT molecular complexity index is 595. The summed E-state index contributed by atoms with van der Waals surface area (Å²) in [6, 6.07) is 4.94. The average Bonchev–Trinajstić information content (AvgIpc) is 2.77. The van der Waals surface area contributed by atoms with Crippen LogP contribution in [0.25, 0.3) is 0 Å². The smallest absolute Gasteiger partial charge is 0.339 e. The monoisotopic (exact) mass is 324 g/mol. The number of benzene rings is 1. The average molecular weight is 325 g/mol. The third-order valence-electron chi connectivity index (χ3n) is 2.69. The SMILES string of the molecule is Cn1ccnc1CCOc1c(Br)cccc1C(=O)O. The van der Waals surface area contributed by atoms with E-state index in [9.17, 15) is 4.79 Å². The van der Waals surface area contributed by atoms with Gasteiger partial charge in [-0.2, -0.15) is 0 Å². The fourth-order valence-corrected chi connectivity index (χ4v) is 2.19. The highest BCUT2D eigenvalue weighted by atomic mass is 79.9. The Labute approximate surface area is 119 Å². The lowest BCUT2D eigenvalue weighted by Gasteiger charge is -2.10. The molecule has 0 fully saturated rings. The van der Waals surface area contributed by atoms with Gasteiger partial charge in [0.2, 0.25) is 0 Å². The molecule has 0 bridgehead atoms. The first-order valence-electron chi connectivity index (χ1n) is 5.70. The number of carboxylic acids is 1. The number of halogens is 1. The summed E-state index contributed by atoms with van der Waals surface area (Å²) in [5.74, 6) is 0.237. The molecule has 2 aromatic rings. The Kier molecular flexibility index (Phi) is 4.21. The number of rotatable bonds is 5. The Morgan fingerprint density at radius 3 is 2.95 bits per heavy atom. The van der Waals surface area contributed by atoms with Gasteiger partial charge in [-0.1, -0.05) is 6.07 Å². The van der Waals surface area contributed by atoms with Crippen molar-refractivity contribution in [1.29, 1.82) is 0 Å². The summed E-state index contributed by atoms with van der Waals surface area (Å²) in [7, 11) is 1.91. The molecule has 0 saturated heterocycles. The van der Waals surface area contributed by atoms with Gasteiger partial charge in [0, 0.05) is 25.9 Å². The standard InChI is InChI=1S/C13H13BrN2O3/c1-16-7-6-15-11(16)5-8-19-12-9(13(17)18)3-2-4-10(12)14/h2-4,6-7H,5,8H2,1H3,(H,17,18).